The predicted octanol–water partition coefficient (Wildman–Crippen LogP) is 1.62. The number of carbonyl (C=O) groups is 1. The van der Waals surface area contributed by atoms with E-state index in [1.807, 2.05) is 0 Å². The highest BCUT2D eigenvalue weighted by Crippen LogP contribution is 2.17. The minimum Gasteiger partial charge on any atom is -0.335 e. The highest BCUT2D eigenvalue weighted by molar-refractivity contribution is 7.93. The molecule has 0 aliphatic heterocycles. The molecule has 0 fully saturated rings. The van der Waals surface area contributed by atoms with Crippen LogP contribution in [0.4, 0.5) is 11.6 Å². The molecule has 2 rings (SSSR count). The van der Waals surface area contributed by atoms with E-state index in [0.717, 1.165) is 6.92 Å². The van der Waals surface area contributed by atoms with E-state index >= 15 is 0 Å². The predicted molar refractivity (Wildman–Crippen MR) is 112 cm³/mol. The maximum absolute atomic E-state index is 12.5. The Morgan fingerprint density at radius 2 is 1.77 bits per heavy atom. The fourth-order valence-corrected chi connectivity index (χ4v) is 4.92. The van der Waals surface area contributed by atoms with Gasteiger partial charge in [-0.3, -0.25) is 9.35 Å². The summed E-state index contributed by atoms with van der Waals surface area (Å²) in [4.78, 5) is 24.3. The van der Waals surface area contributed by atoms with Gasteiger partial charge in [0.15, 0.2) is 15.3 Å². The smallest absolute Gasteiger partial charge is 0.335 e. The van der Waals surface area contributed by atoms with E-state index in [1.54, 1.807) is 19.1 Å². The van der Waals surface area contributed by atoms with Crippen molar-refractivity contribution in [2.75, 3.05) is 5.32 Å². The summed E-state index contributed by atoms with van der Waals surface area (Å²) in [5.41, 5.74) is -1.21. The number of nitrogens with zero attached hydrogens (tertiary/aromatic N) is 3. The van der Waals surface area contributed by atoms with Gasteiger partial charge >= 0.3 is 10.4 Å². The topological polar surface area (TPSA) is 178 Å². The van der Waals surface area contributed by atoms with Crippen LogP contribution < -0.4 is 10.6 Å². The summed E-state index contributed by atoms with van der Waals surface area (Å²) in [6, 6.07) is 5.96. The van der Waals surface area contributed by atoms with Gasteiger partial charge in [-0.1, -0.05) is 6.92 Å². The molecule has 1 heterocycles. The molecular weight excluding hydrogens is 474 g/mol. The number of aryl methyl sites for hydroxylation is 1. The molecule has 0 saturated heterocycles. The van der Waals surface area contributed by atoms with Gasteiger partial charge in [0.05, 0.1) is 0 Å². The number of halogens is 1. The van der Waals surface area contributed by atoms with Crippen LogP contribution in [0.1, 0.15) is 36.5 Å². The number of rotatable bonds is 9. The van der Waals surface area contributed by atoms with Gasteiger partial charge in [-0.15, -0.1) is 0 Å². The van der Waals surface area contributed by atoms with E-state index in [9.17, 15) is 21.6 Å². The minimum atomic E-state index is -4.99. The first-order valence-electron chi connectivity index (χ1n) is 8.76. The van der Waals surface area contributed by atoms with Gasteiger partial charge in [0.1, 0.15) is 11.2 Å². The van der Waals surface area contributed by atoms with Crippen molar-refractivity contribution in [1.29, 1.82) is 0 Å². The number of aromatic nitrogens is 3. The first kappa shape index (κ1) is 24.9. The Hall–Kier alpha value is -2.39. The molecule has 12 nitrogen and oxygen atoms in total. The lowest BCUT2D eigenvalue weighted by Crippen LogP contribution is -2.45. The lowest BCUT2D eigenvalue weighted by Gasteiger charge is -2.21. The van der Waals surface area contributed by atoms with Crippen molar-refractivity contribution in [3.05, 3.63) is 40.9 Å². The van der Waals surface area contributed by atoms with Crippen LogP contribution in [-0.4, -0.2) is 53.1 Å². The van der Waals surface area contributed by atoms with Crippen molar-refractivity contribution in [2.24, 2.45) is 0 Å². The molecule has 1 aromatic heterocycles. The normalized spacial score (nSPS) is 14.0. The molecule has 2 aromatic rings. The number of amides is 1. The molecule has 0 spiro atoms. The van der Waals surface area contributed by atoms with Gasteiger partial charge in [-0.2, -0.15) is 18.4 Å². The molecule has 0 radical (unpaired) electrons. The molecule has 0 aliphatic rings. The molecule has 0 saturated carbocycles. The molecule has 1 aromatic carbocycles. The van der Waals surface area contributed by atoms with Gasteiger partial charge in [-0.05, 0) is 56.1 Å². The van der Waals surface area contributed by atoms with E-state index < -0.39 is 37.0 Å². The van der Waals surface area contributed by atoms with Crippen molar-refractivity contribution in [1.82, 2.24) is 20.3 Å². The van der Waals surface area contributed by atoms with Crippen LogP contribution in [0.3, 0.4) is 0 Å². The Morgan fingerprint density at radius 3 is 2.29 bits per heavy atom. The highest BCUT2D eigenvalue weighted by atomic mass is 35.5. The number of hydrogen-bond donors (Lipinski definition) is 3. The quantitative estimate of drug-likeness (QED) is 0.432. The van der Waals surface area contributed by atoms with Crippen molar-refractivity contribution in [3.63, 3.8) is 0 Å². The average molecular weight is 494 g/mol. The van der Waals surface area contributed by atoms with Crippen LogP contribution in [0.25, 0.3) is 0 Å². The maximum Gasteiger partial charge on any atom is 0.398 e. The monoisotopic (exact) mass is 493 g/mol. The zero-order valence-electron chi connectivity index (χ0n) is 16.6. The molecule has 0 bridgehead atoms. The second-order valence-electron chi connectivity index (χ2n) is 6.23. The highest BCUT2D eigenvalue weighted by Gasteiger charge is 2.34. The Bertz CT molecular complexity index is 1140. The van der Waals surface area contributed by atoms with E-state index in [1.165, 1.54) is 19.1 Å². The molecule has 0 aliphatic carbocycles. The first-order chi connectivity index (χ1) is 14.3. The van der Waals surface area contributed by atoms with Crippen molar-refractivity contribution < 1.29 is 30.4 Å². The molecule has 2 atom stereocenters. The Kier molecular flexibility index (Phi) is 7.88. The zero-order chi connectivity index (χ0) is 23.4. The van der Waals surface area contributed by atoms with E-state index in [2.05, 4.69) is 29.8 Å². The summed E-state index contributed by atoms with van der Waals surface area (Å²) in [6.07, 6.45) is -0.0631. The lowest BCUT2D eigenvalue weighted by atomic mass is 10.2. The fourth-order valence-electron chi connectivity index (χ4n) is 2.44. The fraction of sp³-hybridized carbons (Fsp3) is 0.375. The second kappa shape index (κ2) is 9.82. The third kappa shape index (κ3) is 7.07. The van der Waals surface area contributed by atoms with E-state index in [-0.39, 0.29) is 23.2 Å². The van der Waals surface area contributed by atoms with Crippen LogP contribution in [0, 0.1) is 6.92 Å². The van der Waals surface area contributed by atoms with Gasteiger partial charge < -0.3 is 10.6 Å². The molecule has 31 heavy (non-hydrogen) atoms. The van der Waals surface area contributed by atoms with Crippen LogP contribution in [0.5, 0.6) is 0 Å². The van der Waals surface area contributed by atoms with Crippen molar-refractivity contribution in [3.8, 4) is 0 Å². The summed E-state index contributed by atoms with van der Waals surface area (Å²) in [6.45, 7) is 4.07. The number of hydrogen-bond acceptors (Lipinski definition) is 10. The largest absolute Gasteiger partial charge is 0.398 e. The third-order valence-corrected chi connectivity index (χ3v) is 6.99. The first-order valence-corrected chi connectivity index (χ1v) is 12.1. The molecule has 3 N–H and O–H groups in total. The lowest BCUT2D eigenvalue weighted by molar-refractivity contribution is 0.0947. The second-order valence-corrected chi connectivity index (χ2v) is 10.0. The summed E-state index contributed by atoms with van der Waals surface area (Å²) in [7, 11) is -9.27. The summed E-state index contributed by atoms with van der Waals surface area (Å²) < 4.78 is 59.3. The van der Waals surface area contributed by atoms with Crippen LogP contribution in [-0.2, 0) is 24.4 Å². The minimum absolute atomic E-state index is 0.0185. The Balaban J connectivity index is 2.11. The number of sulfone groups is 1. The number of carbonyl (C=O) groups excluding carboxylic acids is 1. The van der Waals surface area contributed by atoms with Crippen LogP contribution in [0.15, 0.2) is 24.3 Å². The van der Waals surface area contributed by atoms with Crippen LogP contribution >= 0.6 is 11.6 Å². The Labute approximate surface area is 184 Å². The summed E-state index contributed by atoms with van der Waals surface area (Å²) in [5.74, 6) is -0.0859. The molecular formula is C16H20ClN5O7S2. The zero-order valence-corrected chi connectivity index (χ0v) is 19.0. The van der Waals surface area contributed by atoms with Crippen molar-refractivity contribution in [2.45, 2.75) is 38.0 Å². The van der Waals surface area contributed by atoms with Gasteiger partial charge in [0.2, 0.25) is 11.2 Å². The summed E-state index contributed by atoms with van der Waals surface area (Å²) >= 11 is 5.78. The van der Waals surface area contributed by atoms with Gasteiger partial charge in [0, 0.05) is 11.3 Å². The van der Waals surface area contributed by atoms with Gasteiger partial charge in [-0.25, -0.2) is 17.6 Å². The molecule has 1 amide bonds. The molecule has 2 unspecified atom stereocenters. The number of nitrogens with one attached hydrogen (secondary N) is 2. The van der Waals surface area contributed by atoms with E-state index in [0.29, 0.717) is 11.5 Å². The maximum atomic E-state index is 12.5. The molecule has 15 heteroatoms. The van der Waals surface area contributed by atoms with Crippen molar-refractivity contribution >= 4 is 49.4 Å². The summed E-state index contributed by atoms with van der Waals surface area (Å²) in [5, 5.41) is 3.79. The van der Waals surface area contributed by atoms with Gasteiger partial charge in [0.25, 0.3) is 5.91 Å². The average Bonchev–Trinajstić information content (AvgIpc) is 2.64. The number of benzene rings is 1. The third-order valence-electron chi connectivity index (χ3n) is 3.90. The standard InChI is InChI=1S/C16H20ClN5O7S2/c1-4-13(30(24,25)10(3)29-31(26,27)28)21-14(23)11-5-7-12(8-6-11)20-16-19-9(2)18-15(17)22-16/h5-8,10,13H,4H2,1-3H3,(H,21,23)(H,26,27,28)(H,18,19,20,22). The Morgan fingerprint density at radius 1 is 1.16 bits per heavy atom. The van der Waals surface area contributed by atoms with E-state index in [4.69, 9.17) is 16.2 Å². The SMILES string of the molecule is CCC(NC(=O)c1ccc(Nc2nc(C)nc(Cl)n2)cc1)S(=O)(=O)C(C)OS(=O)(=O)O. The number of anilines is 2. The molecule has 170 valence electrons. The van der Waals surface area contributed by atoms with Crippen LogP contribution in [0.2, 0.25) is 5.28 Å².